The second kappa shape index (κ2) is 5.06. The average Bonchev–Trinajstić information content (AvgIpc) is 3.13. The minimum Gasteiger partial charge on any atom is -0.361 e. The number of aromatic nitrogens is 1. The van der Waals surface area contributed by atoms with Crippen LogP contribution in [0, 0.1) is 13.8 Å². The number of nitrogens with zero attached hydrogens (tertiary/aromatic N) is 2. The van der Waals surface area contributed by atoms with Gasteiger partial charge in [0.15, 0.2) is 0 Å². The van der Waals surface area contributed by atoms with E-state index in [9.17, 15) is 14.4 Å². The number of anilines is 1. The molecule has 0 saturated carbocycles. The minimum atomic E-state index is -1.80. The van der Waals surface area contributed by atoms with Gasteiger partial charge < -0.3 is 14.7 Å². The van der Waals surface area contributed by atoms with Crippen LogP contribution in [0.25, 0.3) is 0 Å². The molecule has 2 aliphatic rings. The number of urea groups is 1. The molecule has 9 heteroatoms. The topological polar surface area (TPSA) is 105 Å². The zero-order chi connectivity index (χ0) is 17.9. The Morgan fingerprint density at radius 3 is 2.60 bits per heavy atom. The second-order valence-electron chi connectivity index (χ2n) is 6.10. The number of fused-ring (bicyclic) bond motifs is 2. The number of carbonyl (C=O) groups is 3. The number of imide groups is 1. The van der Waals surface area contributed by atoms with Crippen LogP contribution in [0.15, 0.2) is 22.7 Å². The molecule has 0 aliphatic carbocycles. The number of carbonyl (C=O) groups excluding carboxylic acids is 3. The van der Waals surface area contributed by atoms with Gasteiger partial charge in [-0.2, -0.15) is 0 Å². The van der Waals surface area contributed by atoms with Gasteiger partial charge in [-0.25, -0.2) is 4.79 Å². The third kappa shape index (κ3) is 2.07. The Bertz CT molecular complexity index is 954. The van der Waals surface area contributed by atoms with E-state index in [-0.39, 0.29) is 6.54 Å². The molecule has 1 fully saturated rings. The summed E-state index contributed by atoms with van der Waals surface area (Å²) in [5.74, 6) is -0.669. The smallest absolute Gasteiger partial charge is 0.323 e. The van der Waals surface area contributed by atoms with Crippen molar-refractivity contribution >= 4 is 35.1 Å². The fraction of sp³-hybridized carbons (Fsp3) is 0.250. The summed E-state index contributed by atoms with van der Waals surface area (Å²) >= 11 is 6.13. The van der Waals surface area contributed by atoms with E-state index in [1.54, 1.807) is 26.0 Å². The Morgan fingerprint density at radius 2 is 2.00 bits per heavy atom. The number of benzene rings is 1. The molecule has 2 aliphatic heterocycles. The van der Waals surface area contributed by atoms with E-state index in [2.05, 4.69) is 15.8 Å². The third-order valence-electron chi connectivity index (χ3n) is 4.37. The van der Waals surface area contributed by atoms with E-state index in [0.717, 1.165) is 0 Å². The summed E-state index contributed by atoms with van der Waals surface area (Å²) in [6, 6.07) is 4.21. The van der Waals surface area contributed by atoms with E-state index in [1.807, 2.05) is 0 Å². The highest BCUT2D eigenvalue weighted by Gasteiger charge is 2.61. The molecule has 1 spiro atoms. The number of nitrogens with one attached hydrogen (secondary N) is 2. The van der Waals surface area contributed by atoms with Crippen molar-refractivity contribution in [2.24, 2.45) is 0 Å². The molecule has 0 radical (unpaired) electrons. The number of hydrogen-bond donors (Lipinski definition) is 2. The first-order chi connectivity index (χ1) is 11.8. The van der Waals surface area contributed by atoms with Crippen molar-refractivity contribution < 1.29 is 18.9 Å². The normalized spacial score (nSPS) is 21.7. The lowest BCUT2D eigenvalue weighted by atomic mass is 9.90. The van der Waals surface area contributed by atoms with Crippen LogP contribution >= 0.6 is 11.6 Å². The SMILES string of the molecule is Cc1cc(CN2C(=O)C3(NC(=O)NC3=O)c3cc(Cl)cc(C)c32)no1. The monoisotopic (exact) mass is 360 g/mol. The van der Waals surface area contributed by atoms with Crippen molar-refractivity contribution in [3.63, 3.8) is 0 Å². The van der Waals surface area contributed by atoms with Gasteiger partial charge in [-0.1, -0.05) is 16.8 Å². The van der Waals surface area contributed by atoms with E-state index in [4.69, 9.17) is 16.1 Å². The van der Waals surface area contributed by atoms with Crippen LogP contribution < -0.4 is 15.5 Å². The summed E-state index contributed by atoms with van der Waals surface area (Å²) in [6.45, 7) is 3.64. The van der Waals surface area contributed by atoms with Gasteiger partial charge in [0.25, 0.3) is 11.8 Å². The molecule has 1 atom stereocenters. The lowest BCUT2D eigenvalue weighted by molar-refractivity contribution is -0.134. The Balaban J connectivity index is 1.90. The highest BCUT2D eigenvalue weighted by Crippen LogP contribution is 2.45. The number of rotatable bonds is 2. The van der Waals surface area contributed by atoms with Gasteiger partial charge in [-0.3, -0.25) is 14.9 Å². The standard InChI is InChI=1S/C16H13ClN4O4/c1-7-3-9(17)5-11-12(7)21(6-10-4-8(2)25-20-10)14(23)16(11)13(22)18-15(24)19-16/h3-5H,6H2,1-2H3,(H2,18,19,22,24). The van der Waals surface area contributed by atoms with Gasteiger partial charge in [0.2, 0.25) is 5.54 Å². The van der Waals surface area contributed by atoms with Crippen molar-refractivity contribution in [3.05, 3.63) is 45.8 Å². The summed E-state index contributed by atoms with van der Waals surface area (Å²) in [7, 11) is 0. The second-order valence-corrected chi connectivity index (χ2v) is 6.53. The van der Waals surface area contributed by atoms with Gasteiger partial charge in [0.05, 0.1) is 12.2 Å². The molecular formula is C16H13ClN4O4. The van der Waals surface area contributed by atoms with Gasteiger partial charge >= 0.3 is 6.03 Å². The van der Waals surface area contributed by atoms with Crippen molar-refractivity contribution in [1.82, 2.24) is 15.8 Å². The predicted octanol–water partition coefficient (Wildman–Crippen LogP) is 1.53. The van der Waals surface area contributed by atoms with Crippen molar-refractivity contribution in [2.75, 3.05) is 4.90 Å². The Morgan fingerprint density at radius 1 is 1.24 bits per heavy atom. The van der Waals surface area contributed by atoms with Gasteiger partial charge in [0.1, 0.15) is 11.5 Å². The molecule has 1 aromatic carbocycles. The van der Waals surface area contributed by atoms with Crippen LogP contribution in [0.4, 0.5) is 10.5 Å². The summed E-state index contributed by atoms with van der Waals surface area (Å²) in [5.41, 5.74) is 0.328. The molecule has 2 N–H and O–H groups in total. The molecule has 3 heterocycles. The summed E-state index contributed by atoms with van der Waals surface area (Å²) < 4.78 is 5.04. The van der Waals surface area contributed by atoms with Gasteiger partial charge in [0, 0.05) is 16.7 Å². The van der Waals surface area contributed by atoms with Gasteiger partial charge in [-0.05, 0) is 31.5 Å². The largest absolute Gasteiger partial charge is 0.361 e. The molecule has 1 aromatic heterocycles. The molecule has 4 amide bonds. The summed E-state index contributed by atoms with van der Waals surface area (Å²) in [6.07, 6.45) is 0. The Hall–Kier alpha value is -2.87. The fourth-order valence-corrected chi connectivity index (χ4v) is 3.67. The highest BCUT2D eigenvalue weighted by atomic mass is 35.5. The number of halogens is 1. The van der Waals surface area contributed by atoms with E-state index < -0.39 is 23.4 Å². The Kier molecular flexibility index (Phi) is 3.17. The molecule has 2 aromatic rings. The maximum Gasteiger partial charge on any atom is 0.323 e. The molecule has 1 saturated heterocycles. The van der Waals surface area contributed by atoms with Crippen LogP contribution in [0.3, 0.4) is 0 Å². The lowest BCUT2D eigenvalue weighted by Crippen LogP contribution is -2.52. The predicted molar refractivity (Wildman–Crippen MR) is 87.0 cm³/mol. The molecule has 0 bridgehead atoms. The number of hydrogen-bond acceptors (Lipinski definition) is 5. The van der Waals surface area contributed by atoms with Crippen LogP contribution in [0.1, 0.15) is 22.6 Å². The molecule has 25 heavy (non-hydrogen) atoms. The van der Waals surface area contributed by atoms with Crippen LogP contribution in [0.5, 0.6) is 0 Å². The minimum absolute atomic E-state index is 0.108. The van der Waals surface area contributed by atoms with E-state index >= 15 is 0 Å². The zero-order valence-electron chi connectivity index (χ0n) is 13.3. The molecular weight excluding hydrogens is 348 g/mol. The van der Waals surface area contributed by atoms with Crippen molar-refractivity contribution in [3.8, 4) is 0 Å². The molecule has 4 rings (SSSR count). The first kappa shape index (κ1) is 15.6. The average molecular weight is 361 g/mol. The number of amides is 4. The fourth-order valence-electron chi connectivity index (χ4n) is 3.40. The van der Waals surface area contributed by atoms with Crippen LogP contribution in [0.2, 0.25) is 5.02 Å². The maximum absolute atomic E-state index is 13.2. The third-order valence-corrected chi connectivity index (χ3v) is 4.59. The zero-order valence-corrected chi connectivity index (χ0v) is 14.1. The van der Waals surface area contributed by atoms with Crippen molar-refractivity contribution in [1.29, 1.82) is 0 Å². The highest BCUT2D eigenvalue weighted by molar-refractivity contribution is 6.32. The van der Waals surface area contributed by atoms with Gasteiger partial charge in [-0.15, -0.1) is 0 Å². The Labute approximate surface area is 147 Å². The lowest BCUT2D eigenvalue weighted by Gasteiger charge is -2.20. The molecule has 8 nitrogen and oxygen atoms in total. The summed E-state index contributed by atoms with van der Waals surface area (Å²) in [5, 5.41) is 8.87. The van der Waals surface area contributed by atoms with E-state index in [1.165, 1.54) is 11.0 Å². The van der Waals surface area contributed by atoms with Crippen LogP contribution in [-0.4, -0.2) is 23.0 Å². The number of aryl methyl sites for hydroxylation is 2. The first-order valence-electron chi connectivity index (χ1n) is 7.51. The van der Waals surface area contributed by atoms with E-state index in [0.29, 0.717) is 33.3 Å². The first-order valence-corrected chi connectivity index (χ1v) is 7.89. The maximum atomic E-state index is 13.2. The van der Waals surface area contributed by atoms with Crippen LogP contribution in [-0.2, 0) is 21.7 Å². The molecule has 1 unspecified atom stereocenters. The van der Waals surface area contributed by atoms with Crippen molar-refractivity contribution in [2.45, 2.75) is 25.9 Å². The molecule has 128 valence electrons. The quantitative estimate of drug-likeness (QED) is 0.624. The summed E-state index contributed by atoms with van der Waals surface area (Å²) in [4.78, 5) is 38.8.